The Hall–Kier alpha value is -1.85. The number of halogens is 1. The summed E-state index contributed by atoms with van der Waals surface area (Å²) in [6, 6.07) is 9.78. The van der Waals surface area contributed by atoms with E-state index in [0.717, 1.165) is 4.88 Å². The molecule has 0 spiro atoms. The van der Waals surface area contributed by atoms with Gasteiger partial charge in [0.2, 0.25) is 5.91 Å². The lowest BCUT2D eigenvalue weighted by Crippen LogP contribution is -2.44. The molecule has 6 heteroatoms. The Morgan fingerprint density at radius 3 is 2.57 bits per heavy atom. The van der Waals surface area contributed by atoms with Gasteiger partial charge in [0.1, 0.15) is 6.04 Å². The van der Waals surface area contributed by atoms with Crippen LogP contribution in [0.5, 0.6) is 0 Å². The molecule has 1 unspecified atom stereocenters. The monoisotopic (exact) mass is 322 g/mol. The molecule has 0 saturated heterocycles. The lowest BCUT2D eigenvalue weighted by molar-refractivity contribution is -0.122. The normalized spacial score (nSPS) is 11.7. The number of carbonyl (C=O) groups excluding carboxylic acids is 2. The van der Waals surface area contributed by atoms with E-state index in [1.807, 2.05) is 17.5 Å². The molecule has 21 heavy (non-hydrogen) atoms. The lowest BCUT2D eigenvalue weighted by atomic mass is 10.2. The van der Waals surface area contributed by atoms with E-state index in [1.54, 1.807) is 42.5 Å². The van der Waals surface area contributed by atoms with E-state index in [2.05, 4.69) is 10.6 Å². The first-order valence-electron chi connectivity index (χ1n) is 6.43. The van der Waals surface area contributed by atoms with Crippen LogP contribution < -0.4 is 10.6 Å². The molecular formula is C15H15ClN2O2S. The van der Waals surface area contributed by atoms with Gasteiger partial charge in [-0.2, -0.15) is 0 Å². The minimum absolute atomic E-state index is 0.217. The van der Waals surface area contributed by atoms with Gasteiger partial charge in [0.15, 0.2) is 0 Å². The first-order chi connectivity index (χ1) is 10.1. The van der Waals surface area contributed by atoms with Crippen molar-refractivity contribution in [1.29, 1.82) is 0 Å². The maximum absolute atomic E-state index is 12.0. The van der Waals surface area contributed by atoms with E-state index in [-0.39, 0.29) is 11.8 Å². The average Bonchev–Trinajstić information content (AvgIpc) is 2.98. The zero-order valence-electron chi connectivity index (χ0n) is 11.4. The highest BCUT2D eigenvalue weighted by Gasteiger charge is 2.16. The van der Waals surface area contributed by atoms with Gasteiger partial charge in [0.05, 0.1) is 6.54 Å². The Morgan fingerprint density at radius 1 is 1.24 bits per heavy atom. The minimum atomic E-state index is -0.604. The first kappa shape index (κ1) is 15.5. The Labute approximate surface area is 132 Å². The number of amides is 2. The zero-order chi connectivity index (χ0) is 15.2. The Kier molecular flexibility index (Phi) is 5.36. The topological polar surface area (TPSA) is 58.2 Å². The van der Waals surface area contributed by atoms with Gasteiger partial charge in [-0.05, 0) is 42.6 Å². The second kappa shape index (κ2) is 7.24. The van der Waals surface area contributed by atoms with E-state index < -0.39 is 6.04 Å². The lowest BCUT2D eigenvalue weighted by Gasteiger charge is -2.13. The fourth-order valence-electron chi connectivity index (χ4n) is 1.69. The summed E-state index contributed by atoms with van der Waals surface area (Å²) in [6.45, 7) is 2.12. The van der Waals surface area contributed by atoms with Crippen molar-refractivity contribution < 1.29 is 9.59 Å². The van der Waals surface area contributed by atoms with E-state index in [4.69, 9.17) is 11.6 Å². The van der Waals surface area contributed by atoms with Crippen LogP contribution in [0.15, 0.2) is 41.8 Å². The first-order valence-corrected chi connectivity index (χ1v) is 7.68. The number of rotatable bonds is 5. The number of carbonyl (C=O) groups is 2. The maximum atomic E-state index is 12.0. The van der Waals surface area contributed by atoms with Crippen molar-refractivity contribution in [2.24, 2.45) is 0 Å². The van der Waals surface area contributed by atoms with E-state index in [1.165, 1.54) is 0 Å². The van der Waals surface area contributed by atoms with Gasteiger partial charge in [0, 0.05) is 15.5 Å². The highest BCUT2D eigenvalue weighted by Crippen LogP contribution is 2.10. The quantitative estimate of drug-likeness (QED) is 0.889. The van der Waals surface area contributed by atoms with Crippen LogP contribution in [0.4, 0.5) is 0 Å². The number of hydrogen-bond donors (Lipinski definition) is 2. The number of thiophene rings is 1. The van der Waals surface area contributed by atoms with Gasteiger partial charge < -0.3 is 10.6 Å². The van der Waals surface area contributed by atoms with Crippen LogP contribution in [0.2, 0.25) is 5.02 Å². The Bertz CT molecular complexity index is 611. The SMILES string of the molecule is CC(NC(=O)c1ccc(Cl)cc1)C(=O)NCc1cccs1. The van der Waals surface area contributed by atoms with E-state index >= 15 is 0 Å². The highest BCUT2D eigenvalue weighted by molar-refractivity contribution is 7.09. The molecule has 2 N–H and O–H groups in total. The minimum Gasteiger partial charge on any atom is -0.349 e. The summed E-state index contributed by atoms with van der Waals surface area (Å²) in [5.41, 5.74) is 0.470. The van der Waals surface area contributed by atoms with Crippen molar-refractivity contribution in [3.05, 3.63) is 57.2 Å². The van der Waals surface area contributed by atoms with Crippen molar-refractivity contribution in [2.45, 2.75) is 19.5 Å². The fraction of sp³-hybridized carbons (Fsp3) is 0.200. The van der Waals surface area contributed by atoms with Gasteiger partial charge >= 0.3 is 0 Å². The molecular weight excluding hydrogens is 308 g/mol. The number of benzene rings is 1. The smallest absolute Gasteiger partial charge is 0.251 e. The summed E-state index contributed by atoms with van der Waals surface area (Å²) in [7, 11) is 0. The average molecular weight is 323 g/mol. The molecule has 2 rings (SSSR count). The third-order valence-electron chi connectivity index (χ3n) is 2.86. The van der Waals surface area contributed by atoms with E-state index in [0.29, 0.717) is 17.1 Å². The Morgan fingerprint density at radius 2 is 1.95 bits per heavy atom. The highest BCUT2D eigenvalue weighted by atomic mass is 35.5. The molecule has 2 aromatic rings. The second-order valence-electron chi connectivity index (χ2n) is 4.50. The summed E-state index contributed by atoms with van der Waals surface area (Å²) in [5.74, 6) is -0.517. The largest absolute Gasteiger partial charge is 0.349 e. The summed E-state index contributed by atoms with van der Waals surface area (Å²) < 4.78 is 0. The van der Waals surface area contributed by atoms with Crippen molar-refractivity contribution in [3.63, 3.8) is 0 Å². The third-order valence-corrected chi connectivity index (χ3v) is 3.99. The molecule has 4 nitrogen and oxygen atoms in total. The number of nitrogens with one attached hydrogen (secondary N) is 2. The summed E-state index contributed by atoms with van der Waals surface area (Å²) in [4.78, 5) is 25.0. The van der Waals surface area contributed by atoms with Gasteiger partial charge in [-0.15, -0.1) is 11.3 Å². The van der Waals surface area contributed by atoms with Gasteiger partial charge in [-0.25, -0.2) is 0 Å². The summed E-state index contributed by atoms with van der Waals surface area (Å²) in [5, 5.41) is 7.96. The van der Waals surface area contributed by atoms with Crippen LogP contribution in [0.3, 0.4) is 0 Å². The molecule has 1 aromatic carbocycles. The number of hydrogen-bond acceptors (Lipinski definition) is 3. The molecule has 0 radical (unpaired) electrons. The molecule has 2 amide bonds. The predicted molar refractivity (Wildman–Crippen MR) is 84.5 cm³/mol. The van der Waals surface area contributed by atoms with Crippen molar-refractivity contribution in [2.75, 3.05) is 0 Å². The van der Waals surface area contributed by atoms with Crippen LogP contribution in [0.1, 0.15) is 22.2 Å². The molecule has 0 aliphatic rings. The molecule has 0 saturated carbocycles. The standard InChI is InChI=1S/C15H15ClN2O2S/c1-10(14(19)17-9-13-3-2-8-21-13)18-15(20)11-4-6-12(16)7-5-11/h2-8,10H,9H2,1H3,(H,17,19)(H,18,20). The molecule has 1 aromatic heterocycles. The van der Waals surface area contributed by atoms with Crippen molar-refractivity contribution in [1.82, 2.24) is 10.6 Å². The fourth-order valence-corrected chi connectivity index (χ4v) is 2.46. The summed E-state index contributed by atoms with van der Waals surface area (Å²) in [6.07, 6.45) is 0. The third kappa shape index (κ3) is 4.58. The zero-order valence-corrected chi connectivity index (χ0v) is 13.0. The Balaban J connectivity index is 1.85. The molecule has 0 bridgehead atoms. The molecule has 0 aliphatic heterocycles. The predicted octanol–water partition coefficient (Wildman–Crippen LogP) is 2.84. The molecule has 1 heterocycles. The van der Waals surface area contributed by atoms with Crippen LogP contribution >= 0.6 is 22.9 Å². The summed E-state index contributed by atoms with van der Waals surface area (Å²) >= 11 is 7.34. The maximum Gasteiger partial charge on any atom is 0.251 e. The van der Waals surface area contributed by atoms with Gasteiger partial charge in [-0.3, -0.25) is 9.59 Å². The van der Waals surface area contributed by atoms with Crippen molar-refractivity contribution in [3.8, 4) is 0 Å². The van der Waals surface area contributed by atoms with Crippen LogP contribution in [0.25, 0.3) is 0 Å². The van der Waals surface area contributed by atoms with Crippen molar-refractivity contribution >= 4 is 34.8 Å². The van der Waals surface area contributed by atoms with Gasteiger partial charge in [-0.1, -0.05) is 17.7 Å². The van der Waals surface area contributed by atoms with Crippen LogP contribution in [0, 0.1) is 0 Å². The second-order valence-corrected chi connectivity index (χ2v) is 5.97. The molecule has 0 aliphatic carbocycles. The van der Waals surface area contributed by atoms with Crippen LogP contribution in [-0.4, -0.2) is 17.9 Å². The molecule has 1 atom stereocenters. The molecule has 0 fully saturated rings. The van der Waals surface area contributed by atoms with Gasteiger partial charge in [0.25, 0.3) is 5.91 Å². The van der Waals surface area contributed by atoms with Crippen LogP contribution in [-0.2, 0) is 11.3 Å². The van der Waals surface area contributed by atoms with E-state index in [9.17, 15) is 9.59 Å². The molecule has 110 valence electrons.